The van der Waals surface area contributed by atoms with Gasteiger partial charge in [0.05, 0.1) is 0 Å². The quantitative estimate of drug-likeness (QED) is 0.779. The summed E-state index contributed by atoms with van der Waals surface area (Å²) >= 11 is 1.63. The van der Waals surface area contributed by atoms with Crippen LogP contribution in [0.15, 0.2) is 30.3 Å². The zero-order valence-corrected chi connectivity index (χ0v) is 12.9. The van der Waals surface area contributed by atoms with Crippen molar-refractivity contribution in [3.05, 3.63) is 46.8 Å². The Kier molecular flexibility index (Phi) is 4.36. The Morgan fingerprint density at radius 2 is 1.90 bits per heavy atom. The van der Waals surface area contributed by atoms with Crippen molar-refractivity contribution in [3.8, 4) is 10.4 Å². The van der Waals surface area contributed by atoms with E-state index in [0.29, 0.717) is 17.5 Å². The van der Waals surface area contributed by atoms with E-state index in [4.69, 9.17) is 0 Å². The van der Waals surface area contributed by atoms with Crippen LogP contribution in [0, 0.1) is 17.6 Å². The minimum atomic E-state index is -0.525. The second kappa shape index (κ2) is 6.24. The number of benzene rings is 1. The van der Waals surface area contributed by atoms with Crippen molar-refractivity contribution in [1.82, 2.24) is 5.32 Å². The monoisotopic (exact) mass is 307 g/mol. The molecule has 0 spiro atoms. The first-order valence-electron chi connectivity index (χ1n) is 7.47. The molecule has 1 fully saturated rings. The molecular formula is C17H19F2NS. The van der Waals surface area contributed by atoms with E-state index in [0.717, 1.165) is 23.9 Å². The predicted octanol–water partition coefficient (Wildman–Crippen LogP) is 5.14. The zero-order valence-electron chi connectivity index (χ0n) is 12.0. The van der Waals surface area contributed by atoms with Gasteiger partial charge >= 0.3 is 0 Å². The molecule has 112 valence electrons. The summed E-state index contributed by atoms with van der Waals surface area (Å²) < 4.78 is 26.7. The van der Waals surface area contributed by atoms with Gasteiger partial charge in [0.1, 0.15) is 11.6 Å². The first-order chi connectivity index (χ1) is 10.2. The maximum absolute atomic E-state index is 13.3. The van der Waals surface area contributed by atoms with E-state index in [9.17, 15) is 8.78 Å². The van der Waals surface area contributed by atoms with Crippen LogP contribution in [0.2, 0.25) is 0 Å². The molecule has 1 nitrogen and oxygen atoms in total. The highest BCUT2D eigenvalue weighted by Crippen LogP contribution is 2.44. The fourth-order valence-electron chi connectivity index (χ4n) is 2.60. The van der Waals surface area contributed by atoms with Crippen LogP contribution in [0.1, 0.15) is 37.1 Å². The number of hydrogen-bond donors (Lipinski definition) is 1. The summed E-state index contributed by atoms with van der Waals surface area (Å²) in [7, 11) is 0. The highest BCUT2D eigenvalue weighted by molar-refractivity contribution is 7.15. The molecule has 1 unspecified atom stereocenters. The summed E-state index contributed by atoms with van der Waals surface area (Å²) in [6.07, 6.45) is 3.64. The molecule has 4 heteroatoms. The van der Waals surface area contributed by atoms with Crippen LogP contribution in [0.5, 0.6) is 0 Å². The van der Waals surface area contributed by atoms with Crippen LogP contribution in [0.25, 0.3) is 10.4 Å². The third kappa shape index (κ3) is 3.50. The lowest BCUT2D eigenvalue weighted by molar-refractivity contribution is 0.488. The largest absolute Gasteiger partial charge is 0.309 e. The molecule has 1 atom stereocenters. The topological polar surface area (TPSA) is 12.0 Å². The van der Waals surface area contributed by atoms with Gasteiger partial charge in [-0.1, -0.05) is 6.92 Å². The average Bonchev–Trinajstić information content (AvgIpc) is 3.15. The summed E-state index contributed by atoms with van der Waals surface area (Å²) in [5.41, 5.74) is 0.619. The third-order valence-electron chi connectivity index (χ3n) is 3.79. The molecule has 0 aliphatic heterocycles. The SMILES string of the molecule is CCCNC(c1ccc(-c2cc(F)cc(F)c2)s1)C1CC1. The van der Waals surface area contributed by atoms with Gasteiger partial charge in [-0.15, -0.1) is 11.3 Å². The maximum atomic E-state index is 13.3. The Morgan fingerprint density at radius 1 is 1.19 bits per heavy atom. The van der Waals surface area contributed by atoms with E-state index in [-0.39, 0.29) is 0 Å². The molecule has 1 aliphatic carbocycles. The average molecular weight is 307 g/mol. The van der Waals surface area contributed by atoms with Crippen LogP contribution in [0.3, 0.4) is 0 Å². The first kappa shape index (κ1) is 14.7. The Balaban J connectivity index is 1.84. The minimum absolute atomic E-state index is 0.391. The van der Waals surface area contributed by atoms with Gasteiger partial charge in [0.2, 0.25) is 0 Å². The van der Waals surface area contributed by atoms with E-state index in [1.54, 1.807) is 11.3 Å². The Hall–Kier alpha value is -1.26. The Bertz CT molecular complexity index is 599. The number of rotatable bonds is 6. The Labute approximate surface area is 128 Å². The third-order valence-corrected chi connectivity index (χ3v) is 5.01. The number of hydrogen-bond acceptors (Lipinski definition) is 2. The highest BCUT2D eigenvalue weighted by atomic mass is 32.1. The maximum Gasteiger partial charge on any atom is 0.126 e. The highest BCUT2D eigenvalue weighted by Gasteiger charge is 2.32. The van der Waals surface area contributed by atoms with Crippen molar-refractivity contribution < 1.29 is 8.78 Å². The standard InChI is InChI=1S/C17H19F2NS/c1-2-7-20-17(11-3-4-11)16-6-5-15(21-16)12-8-13(18)10-14(19)9-12/h5-6,8-11,17,20H,2-4,7H2,1H3. The lowest BCUT2D eigenvalue weighted by Crippen LogP contribution is -2.22. The van der Waals surface area contributed by atoms with Crippen molar-refractivity contribution in [1.29, 1.82) is 0 Å². The number of nitrogens with one attached hydrogen (secondary N) is 1. The smallest absolute Gasteiger partial charge is 0.126 e. The molecule has 1 aliphatic rings. The number of halogens is 2. The van der Waals surface area contributed by atoms with Crippen molar-refractivity contribution in [3.63, 3.8) is 0 Å². The van der Waals surface area contributed by atoms with Gasteiger partial charge in [-0.05, 0) is 61.6 Å². The van der Waals surface area contributed by atoms with Crippen LogP contribution in [-0.4, -0.2) is 6.54 Å². The summed E-state index contributed by atoms with van der Waals surface area (Å²) in [5, 5.41) is 3.60. The van der Waals surface area contributed by atoms with Gasteiger partial charge in [0.25, 0.3) is 0 Å². The van der Waals surface area contributed by atoms with Crippen LogP contribution in [-0.2, 0) is 0 Å². The van der Waals surface area contributed by atoms with Gasteiger partial charge in [0, 0.05) is 21.9 Å². The lowest BCUT2D eigenvalue weighted by atomic mass is 10.1. The second-order valence-corrected chi connectivity index (χ2v) is 6.74. The fraction of sp³-hybridized carbons (Fsp3) is 0.412. The minimum Gasteiger partial charge on any atom is -0.309 e. The van der Waals surface area contributed by atoms with Gasteiger partial charge in [-0.2, -0.15) is 0 Å². The van der Waals surface area contributed by atoms with Gasteiger partial charge in [-0.3, -0.25) is 0 Å². The van der Waals surface area contributed by atoms with E-state index in [1.165, 1.54) is 29.9 Å². The molecule has 2 aromatic rings. The van der Waals surface area contributed by atoms with E-state index in [2.05, 4.69) is 18.3 Å². The van der Waals surface area contributed by atoms with E-state index < -0.39 is 11.6 Å². The van der Waals surface area contributed by atoms with Crippen molar-refractivity contribution in [2.24, 2.45) is 5.92 Å². The number of thiophene rings is 1. The van der Waals surface area contributed by atoms with Crippen LogP contribution < -0.4 is 5.32 Å². The van der Waals surface area contributed by atoms with Crippen LogP contribution in [0.4, 0.5) is 8.78 Å². The fourth-order valence-corrected chi connectivity index (χ4v) is 3.76. The molecule has 1 aromatic carbocycles. The zero-order chi connectivity index (χ0) is 14.8. The molecule has 1 N–H and O–H groups in total. The molecule has 21 heavy (non-hydrogen) atoms. The second-order valence-electron chi connectivity index (χ2n) is 5.63. The lowest BCUT2D eigenvalue weighted by Gasteiger charge is -2.16. The van der Waals surface area contributed by atoms with Gasteiger partial charge < -0.3 is 5.32 Å². The predicted molar refractivity (Wildman–Crippen MR) is 83.4 cm³/mol. The molecule has 0 radical (unpaired) electrons. The molecule has 0 amide bonds. The molecular weight excluding hydrogens is 288 g/mol. The van der Waals surface area contributed by atoms with Crippen molar-refractivity contribution in [2.75, 3.05) is 6.54 Å². The summed E-state index contributed by atoms with van der Waals surface area (Å²) in [6, 6.07) is 8.15. The summed E-state index contributed by atoms with van der Waals surface area (Å²) in [4.78, 5) is 2.19. The molecule has 3 rings (SSSR count). The summed E-state index contributed by atoms with van der Waals surface area (Å²) in [6.45, 7) is 3.16. The molecule has 1 aromatic heterocycles. The Morgan fingerprint density at radius 3 is 2.52 bits per heavy atom. The molecule has 1 saturated carbocycles. The van der Waals surface area contributed by atoms with E-state index in [1.807, 2.05) is 6.07 Å². The normalized spacial score (nSPS) is 16.1. The van der Waals surface area contributed by atoms with Crippen molar-refractivity contribution in [2.45, 2.75) is 32.2 Å². The van der Waals surface area contributed by atoms with Crippen LogP contribution >= 0.6 is 11.3 Å². The van der Waals surface area contributed by atoms with Crippen molar-refractivity contribution >= 4 is 11.3 Å². The van der Waals surface area contributed by atoms with Gasteiger partial charge in [-0.25, -0.2) is 8.78 Å². The summed E-state index contributed by atoms with van der Waals surface area (Å²) in [5.74, 6) is -0.335. The first-order valence-corrected chi connectivity index (χ1v) is 8.28. The van der Waals surface area contributed by atoms with E-state index >= 15 is 0 Å². The molecule has 0 bridgehead atoms. The molecule has 0 saturated heterocycles. The van der Waals surface area contributed by atoms with Gasteiger partial charge in [0.15, 0.2) is 0 Å². The molecule has 1 heterocycles.